The molecule has 2 heterocycles. The minimum absolute atomic E-state index is 0.0702. The molecule has 4 aliphatic rings. The van der Waals surface area contributed by atoms with Crippen molar-refractivity contribution in [2.45, 2.75) is 114 Å². The fourth-order valence-electron chi connectivity index (χ4n) is 7.60. The maximum atomic E-state index is 13.4. The summed E-state index contributed by atoms with van der Waals surface area (Å²) in [7, 11) is -10.8. The second-order valence-electron chi connectivity index (χ2n) is 17.6. The number of likely N-dealkylation sites (tertiary alicyclic amines) is 2. The van der Waals surface area contributed by atoms with Crippen LogP contribution in [-0.4, -0.2) is 118 Å². The Morgan fingerprint density at radius 2 is 0.962 bits per heavy atom. The molecule has 53 heavy (non-hydrogen) atoms. The van der Waals surface area contributed by atoms with Crippen molar-refractivity contribution in [2.75, 3.05) is 50.2 Å². The van der Waals surface area contributed by atoms with Crippen molar-refractivity contribution in [3.05, 3.63) is 47.6 Å². The first-order chi connectivity index (χ1) is 24.2. The third-order valence-corrected chi connectivity index (χ3v) is 16.1. The summed E-state index contributed by atoms with van der Waals surface area (Å²) >= 11 is 0. The van der Waals surface area contributed by atoms with Crippen molar-refractivity contribution in [1.82, 2.24) is 9.80 Å². The Kier molecular flexibility index (Phi) is 12.9. The van der Waals surface area contributed by atoms with Gasteiger partial charge in [-0.15, -0.1) is 0 Å². The molecule has 2 saturated heterocycles. The van der Waals surface area contributed by atoms with E-state index in [2.05, 4.69) is 0 Å². The molecule has 0 radical (unpaired) electrons. The summed E-state index contributed by atoms with van der Waals surface area (Å²) in [6, 6.07) is 0. The zero-order valence-electron chi connectivity index (χ0n) is 32.7. The van der Waals surface area contributed by atoms with Crippen LogP contribution in [0.4, 0.5) is 9.59 Å². The van der Waals surface area contributed by atoms with Crippen LogP contribution < -0.4 is 0 Å². The number of piperidine rings is 2. The SMILES string of the molecule is CC(C)(C)OC(=O)N1CCC(CC2(S(C)(=O)=O)C=CC(CS(=O)(=O)CC3=CCC(CC4CCN(C(=O)OC(C)(C)C)CC4)(S(C)(=O)=O)C=C3)=CC2)CC1. The topological polar surface area (TPSA) is 162 Å². The minimum atomic E-state index is -3.67. The molecule has 2 fully saturated rings. The van der Waals surface area contributed by atoms with Crippen LogP contribution in [0.5, 0.6) is 0 Å². The summed E-state index contributed by atoms with van der Waals surface area (Å²) in [5, 5.41) is 0. The van der Waals surface area contributed by atoms with Gasteiger partial charge in [-0.25, -0.2) is 34.8 Å². The Balaban J connectivity index is 1.33. The van der Waals surface area contributed by atoms with Gasteiger partial charge in [0.2, 0.25) is 0 Å². The number of nitrogens with zero attached hydrogens (tertiary/aromatic N) is 2. The van der Waals surface area contributed by atoms with Crippen LogP contribution >= 0.6 is 0 Å². The van der Waals surface area contributed by atoms with Crippen LogP contribution in [0, 0.1) is 11.8 Å². The lowest BCUT2D eigenvalue weighted by Crippen LogP contribution is -2.45. The van der Waals surface area contributed by atoms with Crippen LogP contribution in [0.15, 0.2) is 47.6 Å². The van der Waals surface area contributed by atoms with E-state index >= 15 is 0 Å². The van der Waals surface area contributed by atoms with E-state index in [1.807, 2.05) is 41.5 Å². The van der Waals surface area contributed by atoms with Crippen LogP contribution in [-0.2, 0) is 39.0 Å². The van der Waals surface area contributed by atoms with Crippen molar-refractivity contribution in [2.24, 2.45) is 11.8 Å². The highest BCUT2D eigenvalue weighted by atomic mass is 32.2. The van der Waals surface area contributed by atoms with Crippen LogP contribution in [0.2, 0.25) is 0 Å². The van der Waals surface area contributed by atoms with Gasteiger partial charge in [0.15, 0.2) is 29.5 Å². The van der Waals surface area contributed by atoms with Crippen molar-refractivity contribution in [3.63, 3.8) is 0 Å². The molecule has 2 aliphatic carbocycles. The fourth-order valence-corrected chi connectivity index (χ4v) is 11.6. The van der Waals surface area contributed by atoms with Crippen LogP contribution in [0.3, 0.4) is 0 Å². The monoisotopic (exact) mass is 800 g/mol. The summed E-state index contributed by atoms with van der Waals surface area (Å²) < 4.78 is 88.0. The van der Waals surface area contributed by atoms with Gasteiger partial charge in [0.25, 0.3) is 0 Å². The molecule has 0 bridgehead atoms. The van der Waals surface area contributed by atoms with E-state index in [1.165, 1.54) is 12.5 Å². The number of carbonyl (C=O) groups is 2. The third-order valence-electron chi connectivity index (χ3n) is 10.7. The van der Waals surface area contributed by atoms with Crippen LogP contribution in [0.25, 0.3) is 0 Å². The van der Waals surface area contributed by atoms with E-state index in [1.54, 1.807) is 46.3 Å². The van der Waals surface area contributed by atoms with Gasteiger partial charge in [-0.3, -0.25) is 0 Å². The maximum absolute atomic E-state index is 13.4. The number of sulfone groups is 3. The van der Waals surface area contributed by atoms with E-state index in [0.29, 0.717) is 75.9 Å². The van der Waals surface area contributed by atoms with E-state index in [-0.39, 0.29) is 48.4 Å². The smallest absolute Gasteiger partial charge is 0.410 e. The summed E-state index contributed by atoms with van der Waals surface area (Å²) in [6.07, 6.45) is 15.3. The first-order valence-electron chi connectivity index (χ1n) is 18.5. The number of ether oxygens (including phenoxy) is 2. The van der Waals surface area contributed by atoms with Gasteiger partial charge < -0.3 is 19.3 Å². The quantitative estimate of drug-likeness (QED) is 0.264. The minimum Gasteiger partial charge on any atom is -0.444 e. The van der Waals surface area contributed by atoms with E-state index < -0.39 is 50.2 Å². The van der Waals surface area contributed by atoms with Gasteiger partial charge in [0.1, 0.15) is 11.2 Å². The Labute approximate surface area is 317 Å². The molecule has 4 rings (SSSR count). The largest absolute Gasteiger partial charge is 0.444 e. The van der Waals surface area contributed by atoms with E-state index in [4.69, 9.17) is 9.47 Å². The molecule has 0 saturated carbocycles. The lowest BCUT2D eigenvalue weighted by atomic mass is 9.83. The van der Waals surface area contributed by atoms with Crippen molar-refractivity contribution >= 4 is 41.7 Å². The highest BCUT2D eigenvalue weighted by Crippen LogP contribution is 2.40. The fraction of sp³-hybridized carbons (Fsp3) is 0.737. The molecule has 2 unspecified atom stereocenters. The number of carbonyl (C=O) groups excluding carboxylic acids is 2. The molecule has 2 aliphatic heterocycles. The Morgan fingerprint density at radius 1 is 0.642 bits per heavy atom. The second-order valence-corrected chi connectivity index (χ2v) is 24.3. The average molecular weight is 801 g/mol. The summed E-state index contributed by atoms with van der Waals surface area (Å²) in [5.74, 6) is -0.395. The summed E-state index contributed by atoms with van der Waals surface area (Å²) in [5.41, 5.74) is -0.155. The standard InChI is InChI=1S/C38H60N2O10S3/c1-35(2,3)49-33(41)39-21-13-29(14-22-39)25-37(51(7,43)44)17-9-31(10-18-37)27-53(47,48)28-32-11-19-38(20-12-32,52(8,45)46)26-30-15-23-40(24-16-30)34(42)50-36(4,5)6/h9-12,17,19,29-30H,13-16,18,20-28H2,1-8H3. The van der Waals surface area contributed by atoms with Gasteiger partial charge in [-0.05, 0) is 116 Å². The summed E-state index contributed by atoms with van der Waals surface area (Å²) in [4.78, 5) is 28.3. The predicted octanol–water partition coefficient (Wildman–Crippen LogP) is 5.82. The number of hydrogen-bond donors (Lipinski definition) is 0. The van der Waals surface area contributed by atoms with Gasteiger partial charge in [-0.1, -0.05) is 36.5 Å². The average Bonchev–Trinajstić information content (AvgIpc) is 3.01. The normalized spacial score (nSPS) is 25.5. The number of amides is 2. The predicted molar refractivity (Wildman–Crippen MR) is 208 cm³/mol. The lowest BCUT2D eigenvalue weighted by Gasteiger charge is -2.38. The second kappa shape index (κ2) is 15.8. The van der Waals surface area contributed by atoms with Gasteiger partial charge in [0, 0.05) is 38.7 Å². The number of allylic oxidation sites excluding steroid dienone is 4. The van der Waals surface area contributed by atoms with Crippen LogP contribution in [0.1, 0.15) is 92.9 Å². The first kappa shape index (κ1) is 43.1. The zero-order valence-corrected chi connectivity index (χ0v) is 35.2. The van der Waals surface area contributed by atoms with Gasteiger partial charge in [0.05, 0.1) is 21.0 Å². The Morgan fingerprint density at radius 3 is 1.21 bits per heavy atom. The highest BCUT2D eigenvalue weighted by Gasteiger charge is 2.44. The van der Waals surface area contributed by atoms with E-state index in [9.17, 15) is 34.8 Å². The van der Waals surface area contributed by atoms with E-state index in [0.717, 1.165) is 0 Å². The van der Waals surface area contributed by atoms with Crippen molar-refractivity contribution in [1.29, 1.82) is 0 Å². The molecule has 0 spiro atoms. The molecule has 15 heteroatoms. The molecule has 0 aromatic carbocycles. The number of hydrogen-bond acceptors (Lipinski definition) is 10. The Bertz CT molecular complexity index is 1710. The molecular weight excluding hydrogens is 741 g/mol. The first-order valence-corrected chi connectivity index (χ1v) is 24.1. The lowest BCUT2D eigenvalue weighted by molar-refractivity contribution is 0.0168. The highest BCUT2D eigenvalue weighted by molar-refractivity contribution is 7.92. The maximum Gasteiger partial charge on any atom is 0.410 e. The van der Waals surface area contributed by atoms with Gasteiger partial charge in [-0.2, -0.15) is 0 Å². The summed E-state index contributed by atoms with van der Waals surface area (Å²) in [6.45, 7) is 12.8. The van der Waals surface area contributed by atoms with Crippen molar-refractivity contribution < 1.29 is 44.3 Å². The van der Waals surface area contributed by atoms with Gasteiger partial charge >= 0.3 is 12.2 Å². The number of rotatable bonds is 10. The van der Waals surface area contributed by atoms with Crippen molar-refractivity contribution in [3.8, 4) is 0 Å². The molecule has 2 atom stereocenters. The zero-order chi connectivity index (χ0) is 39.7. The Hall–Kier alpha value is -2.65. The molecule has 0 N–H and O–H groups in total. The molecular formula is C38H60N2O10S3. The molecule has 2 amide bonds. The molecule has 0 aromatic rings. The molecule has 300 valence electrons. The molecule has 12 nitrogen and oxygen atoms in total. The third kappa shape index (κ3) is 11.7. The molecule has 0 aromatic heterocycles.